The molecule has 1 saturated heterocycles. The van der Waals surface area contributed by atoms with Crippen LogP contribution >= 0.6 is 0 Å². The van der Waals surface area contributed by atoms with Gasteiger partial charge in [0.15, 0.2) is 5.96 Å². The van der Waals surface area contributed by atoms with Gasteiger partial charge in [-0.1, -0.05) is 6.07 Å². The maximum Gasteiger partial charge on any atom is 0.233 e. The van der Waals surface area contributed by atoms with E-state index in [1.54, 1.807) is 14.1 Å². The summed E-state index contributed by atoms with van der Waals surface area (Å²) in [6, 6.07) is 4.50. The van der Waals surface area contributed by atoms with Crippen molar-refractivity contribution in [2.75, 3.05) is 40.3 Å². The minimum absolute atomic E-state index is 0.0750. The zero-order valence-corrected chi connectivity index (χ0v) is 17.0. The van der Waals surface area contributed by atoms with Crippen LogP contribution in [0.4, 0.5) is 0 Å². The first kappa shape index (κ1) is 20.1. The number of guanidine groups is 1. The van der Waals surface area contributed by atoms with Crippen molar-refractivity contribution < 1.29 is 4.79 Å². The van der Waals surface area contributed by atoms with Crippen molar-refractivity contribution in [2.45, 2.75) is 32.2 Å². The van der Waals surface area contributed by atoms with Gasteiger partial charge in [0, 0.05) is 58.6 Å². The van der Waals surface area contributed by atoms with Crippen LogP contribution in [0, 0.1) is 6.92 Å². The molecule has 1 amide bonds. The highest BCUT2D eigenvalue weighted by Gasteiger charge is 2.21. The van der Waals surface area contributed by atoms with Gasteiger partial charge in [0.1, 0.15) is 5.65 Å². The van der Waals surface area contributed by atoms with Crippen LogP contribution in [0.25, 0.3) is 5.65 Å². The van der Waals surface area contributed by atoms with Crippen LogP contribution in [-0.2, 0) is 11.2 Å². The predicted octanol–water partition coefficient (Wildman–Crippen LogP) is 0.561. The molecule has 2 aromatic heterocycles. The number of hydrogen-bond donors (Lipinski definition) is 3. The summed E-state index contributed by atoms with van der Waals surface area (Å²) in [6.07, 6.45) is 6.96. The molecule has 3 N–H and O–H groups in total. The van der Waals surface area contributed by atoms with Crippen LogP contribution in [-0.4, -0.2) is 72.5 Å². The molecule has 0 aromatic carbocycles. The maximum absolute atomic E-state index is 11.5. The summed E-state index contributed by atoms with van der Waals surface area (Å²) in [5, 5.41) is 9.57. The average Bonchev–Trinajstić information content (AvgIpc) is 3.13. The van der Waals surface area contributed by atoms with Crippen molar-refractivity contribution in [1.29, 1.82) is 0 Å². The van der Waals surface area contributed by atoms with E-state index in [0.717, 1.165) is 56.2 Å². The number of carbonyl (C=O) groups is 1. The van der Waals surface area contributed by atoms with Gasteiger partial charge in [0.05, 0.1) is 12.2 Å². The van der Waals surface area contributed by atoms with Gasteiger partial charge in [-0.15, -0.1) is 0 Å². The number of likely N-dealkylation sites (N-methyl/N-ethyl adjacent to an activating group) is 1. The number of fused-ring (bicyclic) bond motifs is 1. The van der Waals surface area contributed by atoms with Crippen molar-refractivity contribution in [2.24, 2.45) is 4.99 Å². The van der Waals surface area contributed by atoms with Crippen LogP contribution in [0.3, 0.4) is 0 Å². The molecular weight excluding hydrogens is 354 g/mol. The lowest BCUT2D eigenvalue weighted by Gasteiger charge is -2.32. The summed E-state index contributed by atoms with van der Waals surface area (Å²) >= 11 is 0. The highest BCUT2D eigenvalue weighted by Crippen LogP contribution is 2.11. The van der Waals surface area contributed by atoms with Gasteiger partial charge in [-0.2, -0.15) is 0 Å². The number of nitrogens with one attached hydrogen (secondary N) is 3. The number of pyridine rings is 1. The van der Waals surface area contributed by atoms with E-state index in [1.807, 2.05) is 12.3 Å². The number of carbonyl (C=O) groups excluding carboxylic acids is 1. The van der Waals surface area contributed by atoms with Crippen LogP contribution in [0.5, 0.6) is 0 Å². The van der Waals surface area contributed by atoms with E-state index in [0.29, 0.717) is 12.6 Å². The third-order valence-corrected chi connectivity index (χ3v) is 5.20. The van der Waals surface area contributed by atoms with Gasteiger partial charge in [0.2, 0.25) is 5.91 Å². The largest absolute Gasteiger partial charge is 0.358 e. The molecule has 3 rings (SSSR count). The Labute approximate surface area is 166 Å². The number of aliphatic imine (C=N–C) groups is 1. The fraction of sp³-hybridized carbons (Fsp3) is 0.550. The molecule has 0 aliphatic carbocycles. The Morgan fingerprint density at radius 2 is 2.14 bits per heavy atom. The Kier molecular flexibility index (Phi) is 6.86. The fourth-order valence-corrected chi connectivity index (χ4v) is 3.54. The molecule has 152 valence electrons. The van der Waals surface area contributed by atoms with Crippen LogP contribution in [0.15, 0.2) is 29.5 Å². The SMILES string of the molecule is CN=C(NCCc1cn2cccc(C)c2n1)NC1CCN(CC(=O)NC)CC1. The van der Waals surface area contributed by atoms with Crippen molar-refractivity contribution in [3.8, 4) is 0 Å². The van der Waals surface area contributed by atoms with Crippen LogP contribution in [0.1, 0.15) is 24.1 Å². The second-order valence-electron chi connectivity index (χ2n) is 7.27. The van der Waals surface area contributed by atoms with Gasteiger partial charge in [-0.3, -0.25) is 14.7 Å². The molecule has 0 atom stereocenters. The molecule has 28 heavy (non-hydrogen) atoms. The van der Waals surface area contributed by atoms with E-state index in [2.05, 4.69) is 49.4 Å². The molecule has 0 bridgehead atoms. The zero-order chi connectivity index (χ0) is 19.9. The Hall–Kier alpha value is -2.61. The maximum atomic E-state index is 11.5. The average molecular weight is 386 g/mol. The number of aromatic nitrogens is 2. The summed E-state index contributed by atoms with van der Waals surface area (Å²) in [7, 11) is 3.48. The first-order valence-corrected chi connectivity index (χ1v) is 9.92. The molecule has 1 aliphatic heterocycles. The van der Waals surface area contributed by atoms with E-state index in [9.17, 15) is 4.79 Å². The van der Waals surface area contributed by atoms with E-state index in [4.69, 9.17) is 4.98 Å². The molecular formula is C20H31N7O. The lowest BCUT2D eigenvalue weighted by Crippen LogP contribution is -2.50. The summed E-state index contributed by atoms with van der Waals surface area (Å²) < 4.78 is 2.07. The standard InChI is InChI=1S/C20H31N7O/c1-15-5-4-10-27-13-17(24-19(15)27)6-9-23-20(22-3)25-16-7-11-26(12-8-16)14-18(28)21-2/h4-5,10,13,16H,6-9,11-12,14H2,1-3H3,(H,21,28)(H2,22,23,25). The number of imidazole rings is 1. The highest BCUT2D eigenvalue weighted by atomic mass is 16.1. The normalized spacial score (nSPS) is 16.3. The van der Waals surface area contributed by atoms with Crippen LogP contribution < -0.4 is 16.0 Å². The van der Waals surface area contributed by atoms with Gasteiger partial charge < -0.3 is 20.4 Å². The number of piperidine rings is 1. The third-order valence-electron chi connectivity index (χ3n) is 5.20. The molecule has 1 fully saturated rings. The van der Waals surface area contributed by atoms with Gasteiger partial charge in [-0.05, 0) is 31.4 Å². The molecule has 0 spiro atoms. The molecule has 0 saturated carbocycles. The molecule has 2 aromatic rings. The molecule has 8 nitrogen and oxygen atoms in total. The lowest BCUT2D eigenvalue weighted by molar-refractivity contribution is -0.122. The van der Waals surface area contributed by atoms with E-state index in [1.165, 1.54) is 5.56 Å². The van der Waals surface area contributed by atoms with E-state index < -0.39 is 0 Å². The molecule has 8 heteroatoms. The van der Waals surface area contributed by atoms with E-state index in [-0.39, 0.29) is 5.91 Å². The lowest BCUT2D eigenvalue weighted by atomic mass is 10.1. The Bertz CT molecular complexity index is 821. The number of hydrogen-bond acceptors (Lipinski definition) is 4. The van der Waals surface area contributed by atoms with Gasteiger partial charge in [0.25, 0.3) is 0 Å². The highest BCUT2D eigenvalue weighted by molar-refractivity contribution is 5.80. The third kappa shape index (κ3) is 5.22. The zero-order valence-electron chi connectivity index (χ0n) is 17.0. The minimum Gasteiger partial charge on any atom is -0.358 e. The summed E-state index contributed by atoms with van der Waals surface area (Å²) in [6.45, 7) is 5.17. The number of likely N-dealkylation sites (tertiary alicyclic amines) is 1. The quantitative estimate of drug-likeness (QED) is 0.500. The molecule has 1 aliphatic rings. The topological polar surface area (TPSA) is 86.1 Å². The summed E-state index contributed by atoms with van der Waals surface area (Å²) in [4.78, 5) is 22.7. The molecule has 0 unspecified atom stereocenters. The Balaban J connectivity index is 1.42. The van der Waals surface area contributed by atoms with Crippen molar-refractivity contribution in [1.82, 2.24) is 30.2 Å². The summed E-state index contributed by atoms with van der Waals surface area (Å²) in [5.41, 5.74) is 3.27. The minimum atomic E-state index is 0.0750. The fourth-order valence-electron chi connectivity index (χ4n) is 3.54. The summed E-state index contributed by atoms with van der Waals surface area (Å²) in [5.74, 6) is 0.899. The van der Waals surface area contributed by atoms with E-state index >= 15 is 0 Å². The first-order valence-electron chi connectivity index (χ1n) is 9.92. The predicted molar refractivity (Wildman–Crippen MR) is 112 cm³/mol. The van der Waals surface area contributed by atoms with Crippen molar-refractivity contribution in [3.05, 3.63) is 35.8 Å². The monoisotopic (exact) mass is 385 g/mol. The molecule has 0 radical (unpaired) electrons. The molecule has 3 heterocycles. The number of rotatable bonds is 6. The van der Waals surface area contributed by atoms with Crippen molar-refractivity contribution >= 4 is 17.5 Å². The number of aryl methyl sites for hydroxylation is 1. The number of amides is 1. The first-order chi connectivity index (χ1) is 13.6. The van der Waals surface area contributed by atoms with Crippen molar-refractivity contribution in [3.63, 3.8) is 0 Å². The van der Waals surface area contributed by atoms with Gasteiger partial charge >= 0.3 is 0 Å². The smallest absolute Gasteiger partial charge is 0.233 e. The Morgan fingerprint density at radius 3 is 2.82 bits per heavy atom. The number of nitrogens with zero attached hydrogens (tertiary/aromatic N) is 4. The second kappa shape index (κ2) is 9.54. The Morgan fingerprint density at radius 1 is 1.36 bits per heavy atom. The van der Waals surface area contributed by atoms with Gasteiger partial charge in [-0.25, -0.2) is 4.98 Å². The second-order valence-corrected chi connectivity index (χ2v) is 7.27. The van der Waals surface area contributed by atoms with Crippen LogP contribution in [0.2, 0.25) is 0 Å².